The van der Waals surface area contributed by atoms with E-state index < -0.39 is 35.5 Å². The van der Waals surface area contributed by atoms with Crippen LogP contribution in [0, 0.1) is 5.92 Å². The molecule has 1 aromatic carbocycles. The number of carbonyl (C=O) groups excluding carboxylic acids is 3. The van der Waals surface area contributed by atoms with Crippen molar-refractivity contribution in [1.29, 1.82) is 0 Å². The van der Waals surface area contributed by atoms with Gasteiger partial charge < -0.3 is 9.47 Å². The van der Waals surface area contributed by atoms with Crippen LogP contribution in [0.1, 0.15) is 46.1 Å². The monoisotopic (exact) mass is 373 g/mol. The number of hydrogen-bond donors (Lipinski definition) is 0. The molecule has 0 aromatic heterocycles. The predicted octanol–water partition coefficient (Wildman–Crippen LogP) is 3.81. The second-order valence-electron chi connectivity index (χ2n) is 7.44. The van der Waals surface area contributed by atoms with Crippen molar-refractivity contribution in [3.63, 3.8) is 0 Å². The number of imide groups is 1. The molecule has 1 unspecified atom stereocenters. The van der Waals surface area contributed by atoms with Gasteiger partial charge in [0.05, 0.1) is 6.61 Å². The summed E-state index contributed by atoms with van der Waals surface area (Å²) in [5, 5.41) is 0. The van der Waals surface area contributed by atoms with E-state index in [0.29, 0.717) is 6.42 Å². The zero-order valence-corrected chi connectivity index (χ0v) is 16.3. The van der Waals surface area contributed by atoms with Gasteiger partial charge in [0, 0.05) is 5.92 Å². The lowest BCUT2D eigenvalue weighted by atomic mass is 10.0. The van der Waals surface area contributed by atoms with Gasteiger partial charge in [-0.2, -0.15) is 0 Å². The quantitative estimate of drug-likeness (QED) is 0.734. The van der Waals surface area contributed by atoms with Gasteiger partial charge in [0.25, 0.3) is 0 Å². The first-order valence-corrected chi connectivity index (χ1v) is 9.17. The molecular weight excluding hydrogens is 346 g/mol. The molecule has 0 spiro atoms. The fraction of sp³-hybridized carbons (Fsp3) is 0.476. The Morgan fingerprint density at radius 2 is 1.89 bits per heavy atom. The Kier molecular flexibility index (Phi) is 6.77. The second-order valence-corrected chi connectivity index (χ2v) is 7.44. The lowest BCUT2D eigenvalue weighted by Gasteiger charge is -2.26. The number of amides is 2. The van der Waals surface area contributed by atoms with Gasteiger partial charge in [0.1, 0.15) is 11.6 Å². The molecular formula is C21H27NO5. The largest absolute Gasteiger partial charge is 0.464 e. The Morgan fingerprint density at radius 3 is 2.48 bits per heavy atom. The topological polar surface area (TPSA) is 72.9 Å². The number of hydrogen-bond acceptors (Lipinski definition) is 5. The molecule has 27 heavy (non-hydrogen) atoms. The number of rotatable bonds is 5. The fourth-order valence-corrected chi connectivity index (χ4v) is 2.92. The number of nitrogens with zero attached hydrogens (tertiary/aromatic N) is 1. The average molecular weight is 373 g/mol. The van der Waals surface area contributed by atoms with E-state index in [-0.39, 0.29) is 13.0 Å². The maximum Gasteiger partial charge on any atom is 0.417 e. The lowest BCUT2D eigenvalue weighted by molar-refractivity contribution is -0.151. The summed E-state index contributed by atoms with van der Waals surface area (Å²) in [6.07, 6.45) is 3.67. The first-order chi connectivity index (χ1) is 12.7. The third kappa shape index (κ3) is 5.67. The van der Waals surface area contributed by atoms with Crippen molar-refractivity contribution in [3.8, 4) is 0 Å². The minimum absolute atomic E-state index is 0.185. The van der Waals surface area contributed by atoms with Gasteiger partial charge in [-0.05, 0) is 46.1 Å². The van der Waals surface area contributed by atoms with E-state index in [2.05, 4.69) is 0 Å². The van der Waals surface area contributed by atoms with E-state index in [9.17, 15) is 14.4 Å². The smallest absolute Gasteiger partial charge is 0.417 e. The third-order valence-electron chi connectivity index (χ3n) is 4.09. The van der Waals surface area contributed by atoms with Gasteiger partial charge in [-0.3, -0.25) is 4.79 Å². The summed E-state index contributed by atoms with van der Waals surface area (Å²) in [6.45, 7) is 7.01. The molecule has 1 saturated heterocycles. The average Bonchev–Trinajstić information content (AvgIpc) is 2.91. The summed E-state index contributed by atoms with van der Waals surface area (Å²) in [7, 11) is 0. The van der Waals surface area contributed by atoms with Crippen molar-refractivity contribution in [2.75, 3.05) is 6.61 Å². The number of ether oxygens (including phenoxy) is 2. The van der Waals surface area contributed by atoms with Crippen LogP contribution in [0.5, 0.6) is 0 Å². The number of esters is 1. The molecule has 6 heteroatoms. The summed E-state index contributed by atoms with van der Waals surface area (Å²) in [5.74, 6) is -1.45. The molecule has 0 N–H and O–H groups in total. The van der Waals surface area contributed by atoms with E-state index >= 15 is 0 Å². The molecule has 2 rings (SSSR count). The standard InChI is InChI=1S/C21H27NO5/c1-5-26-19(24)17-14-16(13-9-12-15-10-7-6-8-11-15)18(23)22(17)20(25)27-21(2,3)4/h6-12,16-17H,5,13-14H2,1-4H3/b12-9+/t16?,17-/m0/s1. The van der Waals surface area contributed by atoms with Crippen LogP contribution in [0.25, 0.3) is 6.08 Å². The predicted molar refractivity (Wildman–Crippen MR) is 102 cm³/mol. The highest BCUT2D eigenvalue weighted by molar-refractivity contribution is 6.00. The highest BCUT2D eigenvalue weighted by Crippen LogP contribution is 2.30. The molecule has 2 atom stereocenters. The molecule has 0 bridgehead atoms. The van der Waals surface area contributed by atoms with Gasteiger partial charge >= 0.3 is 12.1 Å². The van der Waals surface area contributed by atoms with Crippen LogP contribution in [-0.4, -0.2) is 41.1 Å². The van der Waals surface area contributed by atoms with E-state index in [1.54, 1.807) is 27.7 Å². The third-order valence-corrected chi connectivity index (χ3v) is 4.09. The first-order valence-electron chi connectivity index (χ1n) is 9.17. The van der Waals surface area contributed by atoms with Crippen molar-refractivity contribution < 1.29 is 23.9 Å². The van der Waals surface area contributed by atoms with Crippen LogP contribution in [0.15, 0.2) is 36.4 Å². The molecule has 0 radical (unpaired) electrons. The van der Waals surface area contributed by atoms with Crippen molar-refractivity contribution >= 4 is 24.0 Å². The van der Waals surface area contributed by atoms with Gasteiger partial charge in [-0.25, -0.2) is 14.5 Å². The maximum atomic E-state index is 12.8. The molecule has 0 saturated carbocycles. The van der Waals surface area contributed by atoms with E-state index in [1.165, 1.54) is 0 Å². The summed E-state index contributed by atoms with van der Waals surface area (Å²) < 4.78 is 10.4. The highest BCUT2D eigenvalue weighted by Gasteiger charge is 2.48. The van der Waals surface area contributed by atoms with Crippen molar-refractivity contribution in [1.82, 2.24) is 4.90 Å². The number of benzene rings is 1. The zero-order chi connectivity index (χ0) is 20.0. The maximum absolute atomic E-state index is 12.8. The van der Waals surface area contributed by atoms with Gasteiger partial charge in [-0.15, -0.1) is 0 Å². The number of allylic oxidation sites excluding steroid dienone is 1. The normalized spacial score (nSPS) is 20.1. The zero-order valence-electron chi connectivity index (χ0n) is 16.3. The summed E-state index contributed by atoms with van der Waals surface area (Å²) >= 11 is 0. The minimum atomic E-state index is -0.942. The molecule has 146 valence electrons. The summed E-state index contributed by atoms with van der Waals surface area (Å²) in [4.78, 5) is 38.5. The molecule has 1 aromatic rings. The molecule has 1 fully saturated rings. The van der Waals surface area contributed by atoms with Crippen LogP contribution < -0.4 is 0 Å². The van der Waals surface area contributed by atoms with Crippen molar-refractivity contribution in [2.45, 2.75) is 52.2 Å². The van der Waals surface area contributed by atoms with E-state index in [4.69, 9.17) is 9.47 Å². The molecule has 1 aliphatic rings. The number of likely N-dealkylation sites (tertiary alicyclic amines) is 1. The van der Waals surface area contributed by atoms with Gasteiger partial charge in [-0.1, -0.05) is 42.5 Å². The Hall–Kier alpha value is -2.63. The van der Waals surface area contributed by atoms with Crippen LogP contribution in [0.3, 0.4) is 0 Å². The molecule has 1 heterocycles. The molecule has 1 aliphatic heterocycles. The van der Waals surface area contributed by atoms with E-state index in [1.807, 2.05) is 42.5 Å². The van der Waals surface area contributed by atoms with Crippen molar-refractivity contribution in [2.24, 2.45) is 5.92 Å². The van der Waals surface area contributed by atoms with Crippen LogP contribution in [0.2, 0.25) is 0 Å². The van der Waals surface area contributed by atoms with Crippen LogP contribution in [0.4, 0.5) is 4.79 Å². The van der Waals surface area contributed by atoms with Gasteiger partial charge in [0.2, 0.25) is 5.91 Å². The number of carbonyl (C=O) groups is 3. The van der Waals surface area contributed by atoms with Crippen molar-refractivity contribution in [3.05, 3.63) is 42.0 Å². The Morgan fingerprint density at radius 1 is 1.22 bits per heavy atom. The summed E-state index contributed by atoms with van der Waals surface area (Å²) in [5.41, 5.74) is 0.260. The second kappa shape index (κ2) is 8.84. The fourth-order valence-electron chi connectivity index (χ4n) is 2.92. The van der Waals surface area contributed by atoms with E-state index in [0.717, 1.165) is 10.5 Å². The Balaban J connectivity index is 2.13. The van der Waals surface area contributed by atoms with Gasteiger partial charge in [0.15, 0.2) is 0 Å². The summed E-state index contributed by atoms with van der Waals surface area (Å²) in [6, 6.07) is 8.77. The van der Waals surface area contributed by atoms with Crippen LogP contribution >= 0.6 is 0 Å². The highest BCUT2D eigenvalue weighted by atomic mass is 16.6. The minimum Gasteiger partial charge on any atom is -0.464 e. The molecule has 0 aliphatic carbocycles. The SMILES string of the molecule is CCOC(=O)[C@@H]1CC(C/C=C/c2ccccc2)C(=O)N1C(=O)OC(C)(C)C. The first kappa shape index (κ1) is 20.7. The Bertz CT molecular complexity index is 705. The molecule has 2 amide bonds. The lowest BCUT2D eigenvalue weighted by Crippen LogP contribution is -2.46. The Labute approximate surface area is 160 Å². The molecule has 6 nitrogen and oxygen atoms in total. The van der Waals surface area contributed by atoms with Crippen LogP contribution in [-0.2, 0) is 19.1 Å².